The van der Waals surface area contributed by atoms with E-state index >= 15 is 0 Å². The lowest BCUT2D eigenvalue weighted by Gasteiger charge is -2.11. The number of hydrogen-bond acceptors (Lipinski definition) is 7. The molecule has 0 radical (unpaired) electrons. The molecule has 1 aromatic heterocycles. The summed E-state index contributed by atoms with van der Waals surface area (Å²) >= 11 is 0. The van der Waals surface area contributed by atoms with Gasteiger partial charge in [-0.25, -0.2) is 5.43 Å². The van der Waals surface area contributed by atoms with E-state index in [1.54, 1.807) is 67.9 Å². The maximum atomic E-state index is 12.2. The van der Waals surface area contributed by atoms with Gasteiger partial charge in [-0.15, -0.1) is 0 Å². The minimum atomic E-state index is -0.371. The molecule has 0 aliphatic heterocycles. The SMILES string of the molecule is COc1ccc(NC(=O)COc2ccc(/C=N\NC(=O)c3cccnc3)cc2OC)cc1. The number of nitrogens with zero attached hydrogens (tertiary/aromatic N) is 2. The Kier molecular flexibility index (Phi) is 7.74. The number of hydrogen-bond donors (Lipinski definition) is 2. The molecule has 32 heavy (non-hydrogen) atoms. The molecule has 2 amide bonds. The van der Waals surface area contributed by atoms with E-state index in [1.807, 2.05) is 0 Å². The summed E-state index contributed by atoms with van der Waals surface area (Å²) in [6.45, 7) is -0.197. The highest BCUT2D eigenvalue weighted by Crippen LogP contribution is 2.27. The predicted octanol–water partition coefficient (Wildman–Crippen LogP) is 2.88. The van der Waals surface area contributed by atoms with E-state index in [9.17, 15) is 9.59 Å². The van der Waals surface area contributed by atoms with Crippen molar-refractivity contribution in [2.45, 2.75) is 0 Å². The van der Waals surface area contributed by atoms with E-state index in [0.717, 1.165) is 0 Å². The molecule has 9 nitrogen and oxygen atoms in total. The van der Waals surface area contributed by atoms with E-state index in [0.29, 0.717) is 34.1 Å². The number of pyridine rings is 1. The van der Waals surface area contributed by atoms with E-state index in [1.165, 1.54) is 19.5 Å². The van der Waals surface area contributed by atoms with Crippen molar-refractivity contribution in [3.8, 4) is 17.2 Å². The van der Waals surface area contributed by atoms with Crippen LogP contribution < -0.4 is 25.0 Å². The third-order valence-corrected chi connectivity index (χ3v) is 4.22. The summed E-state index contributed by atoms with van der Waals surface area (Å²) in [5.41, 5.74) is 4.13. The smallest absolute Gasteiger partial charge is 0.272 e. The Morgan fingerprint density at radius 1 is 1.03 bits per heavy atom. The molecule has 1 heterocycles. The summed E-state index contributed by atoms with van der Waals surface area (Å²) in [7, 11) is 3.06. The molecule has 2 N–H and O–H groups in total. The first-order valence-electron chi connectivity index (χ1n) is 9.57. The van der Waals surface area contributed by atoms with Gasteiger partial charge < -0.3 is 19.5 Å². The van der Waals surface area contributed by atoms with Gasteiger partial charge in [0.25, 0.3) is 11.8 Å². The molecule has 0 bridgehead atoms. The normalized spacial score (nSPS) is 10.4. The second-order valence-corrected chi connectivity index (χ2v) is 6.42. The van der Waals surface area contributed by atoms with Crippen LogP contribution in [0.1, 0.15) is 15.9 Å². The second-order valence-electron chi connectivity index (χ2n) is 6.42. The number of hydrazone groups is 1. The standard InChI is InChI=1S/C23H22N4O5/c1-30-19-8-6-18(7-9-19)26-22(28)15-32-20-10-5-16(12-21(20)31-2)13-25-27-23(29)17-4-3-11-24-14-17/h3-14H,15H2,1-2H3,(H,26,28)(H,27,29)/b25-13-. The van der Waals surface area contributed by atoms with Crippen LogP contribution >= 0.6 is 0 Å². The zero-order valence-corrected chi connectivity index (χ0v) is 17.6. The van der Waals surface area contributed by atoms with Gasteiger partial charge in [-0.2, -0.15) is 5.10 Å². The van der Waals surface area contributed by atoms with Crippen molar-refractivity contribution in [2.24, 2.45) is 5.10 Å². The van der Waals surface area contributed by atoms with Gasteiger partial charge in [-0.3, -0.25) is 14.6 Å². The second kappa shape index (κ2) is 11.1. The van der Waals surface area contributed by atoms with Crippen LogP contribution in [0.15, 0.2) is 72.1 Å². The van der Waals surface area contributed by atoms with E-state index < -0.39 is 0 Å². The monoisotopic (exact) mass is 434 g/mol. The van der Waals surface area contributed by atoms with Gasteiger partial charge in [-0.05, 0) is 60.2 Å². The topological polar surface area (TPSA) is 111 Å². The summed E-state index contributed by atoms with van der Waals surface area (Å²) in [5, 5.41) is 6.67. The Morgan fingerprint density at radius 2 is 1.84 bits per heavy atom. The molecule has 0 saturated carbocycles. The fraction of sp³-hybridized carbons (Fsp3) is 0.130. The highest BCUT2D eigenvalue weighted by atomic mass is 16.5. The molecule has 0 saturated heterocycles. The number of nitrogens with one attached hydrogen (secondary N) is 2. The van der Waals surface area contributed by atoms with Crippen LogP contribution in [0.25, 0.3) is 0 Å². The van der Waals surface area contributed by atoms with Gasteiger partial charge in [0.2, 0.25) is 0 Å². The predicted molar refractivity (Wildman–Crippen MR) is 119 cm³/mol. The highest BCUT2D eigenvalue weighted by Gasteiger charge is 2.09. The molecule has 0 aliphatic rings. The van der Waals surface area contributed by atoms with Gasteiger partial charge in [0, 0.05) is 18.1 Å². The molecule has 0 fully saturated rings. The molecule has 0 aliphatic carbocycles. The molecular formula is C23H22N4O5. The summed E-state index contributed by atoms with van der Waals surface area (Å²) < 4.78 is 16.0. The molecule has 3 aromatic rings. The van der Waals surface area contributed by atoms with Crippen molar-refractivity contribution >= 4 is 23.7 Å². The molecule has 164 valence electrons. The molecule has 9 heteroatoms. The molecule has 0 atom stereocenters. The first-order valence-corrected chi connectivity index (χ1v) is 9.57. The Labute approximate surface area is 185 Å². The van der Waals surface area contributed by atoms with Gasteiger partial charge in [0.15, 0.2) is 18.1 Å². The van der Waals surface area contributed by atoms with Crippen LogP contribution in [0.5, 0.6) is 17.2 Å². The third kappa shape index (κ3) is 6.30. The number of aromatic nitrogens is 1. The zero-order chi connectivity index (χ0) is 22.8. The molecule has 0 spiro atoms. The van der Waals surface area contributed by atoms with Crippen molar-refractivity contribution in [1.29, 1.82) is 0 Å². The Balaban J connectivity index is 1.55. The van der Waals surface area contributed by atoms with E-state index in [4.69, 9.17) is 14.2 Å². The van der Waals surface area contributed by atoms with Crippen LogP contribution in [-0.2, 0) is 4.79 Å². The number of carbonyl (C=O) groups excluding carboxylic acids is 2. The molecular weight excluding hydrogens is 412 g/mol. The van der Waals surface area contributed by atoms with Crippen LogP contribution in [0.3, 0.4) is 0 Å². The number of benzene rings is 2. The number of methoxy groups -OCH3 is 2. The Bertz CT molecular complexity index is 1090. The lowest BCUT2D eigenvalue weighted by atomic mass is 10.2. The average molecular weight is 434 g/mol. The minimum Gasteiger partial charge on any atom is -0.497 e. The Morgan fingerprint density at radius 3 is 2.53 bits per heavy atom. The largest absolute Gasteiger partial charge is 0.497 e. The average Bonchev–Trinajstić information content (AvgIpc) is 2.84. The fourth-order valence-electron chi connectivity index (χ4n) is 2.63. The van der Waals surface area contributed by atoms with Crippen molar-refractivity contribution in [2.75, 3.05) is 26.1 Å². The van der Waals surface area contributed by atoms with E-state index in [2.05, 4.69) is 20.8 Å². The van der Waals surface area contributed by atoms with Crippen LogP contribution in [0.2, 0.25) is 0 Å². The summed E-state index contributed by atoms with van der Waals surface area (Å²) in [6, 6.07) is 15.3. The number of amides is 2. The summed E-state index contributed by atoms with van der Waals surface area (Å²) in [4.78, 5) is 28.0. The maximum absolute atomic E-state index is 12.2. The number of carbonyl (C=O) groups is 2. The quantitative estimate of drug-likeness (QED) is 0.396. The minimum absolute atomic E-state index is 0.197. The number of rotatable bonds is 9. The van der Waals surface area contributed by atoms with Gasteiger partial charge in [-0.1, -0.05) is 0 Å². The lowest BCUT2D eigenvalue weighted by molar-refractivity contribution is -0.118. The first kappa shape index (κ1) is 22.3. The van der Waals surface area contributed by atoms with Gasteiger partial charge >= 0.3 is 0 Å². The molecule has 3 rings (SSSR count). The van der Waals surface area contributed by atoms with Crippen molar-refractivity contribution in [1.82, 2.24) is 10.4 Å². The third-order valence-electron chi connectivity index (χ3n) is 4.22. The van der Waals surface area contributed by atoms with Crippen LogP contribution in [0, 0.1) is 0 Å². The highest BCUT2D eigenvalue weighted by molar-refractivity contribution is 5.94. The van der Waals surface area contributed by atoms with Crippen molar-refractivity contribution in [3.63, 3.8) is 0 Å². The van der Waals surface area contributed by atoms with E-state index in [-0.39, 0.29) is 18.4 Å². The fourth-order valence-corrected chi connectivity index (χ4v) is 2.63. The van der Waals surface area contributed by atoms with Crippen LogP contribution in [-0.4, -0.2) is 43.8 Å². The lowest BCUT2D eigenvalue weighted by Crippen LogP contribution is -2.20. The van der Waals surface area contributed by atoms with Gasteiger partial charge in [0.05, 0.1) is 26.0 Å². The number of ether oxygens (including phenoxy) is 3. The molecule has 2 aromatic carbocycles. The zero-order valence-electron chi connectivity index (χ0n) is 17.6. The van der Waals surface area contributed by atoms with Crippen LogP contribution in [0.4, 0.5) is 5.69 Å². The van der Waals surface area contributed by atoms with Gasteiger partial charge in [0.1, 0.15) is 5.75 Å². The van der Waals surface area contributed by atoms with Crippen molar-refractivity contribution < 1.29 is 23.8 Å². The Hall–Kier alpha value is -4.40. The molecule has 0 unspecified atom stereocenters. The van der Waals surface area contributed by atoms with Crippen molar-refractivity contribution in [3.05, 3.63) is 78.1 Å². The summed E-state index contributed by atoms with van der Waals surface area (Å²) in [5.74, 6) is 0.827. The maximum Gasteiger partial charge on any atom is 0.272 e. The summed E-state index contributed by atoms with van der Waals surface area (Å²) in [6.07, 6.45) is 4.50. The first-order chi connectivity index (χ1) is 15.6. The number of anilines is 1.